The van der Waals surface area contributed by atoms with Crippen molar-refractivity contribution >= 4 is 26.9 Å². The average Bonchev–Trinajstić information content (AvgIpc) is 2.79. The molecule has 1 aromatic heterocycles. The maximum atomic E-state index is 13.0. The molecular weight excluding hydrogens is 444 g/mol. The third-order valence-corrected chi connectivity index (χ3v) is 6.08. The van der Waals surface area contributed by atoms with Crippen LogP contribution in [0, 0.1) is 6.92 Å². The van der Waals surface area contributed by atoms with E-state index >= 15 is 0 Å². The lowest BCUT2D eigenvalue weighted by atomic mass is 10.1. The largest absolute Gasteiger partial charge is 0.461 e. The first-order valence-corrected chi connectivity index (χ1v) is 11.5. The molecule has 0 saturated carbocycles. The van der Waals surface area contributed by atoms with Crippen molar-refractivity contribution in [2.45, 2.75) is 18.7 Å². The molecule has 0 bridgehead atoms. The Labute approximate surface area is 190 Å². The molecule has 0 aliphatic carbocycles. The Kier molecular flexibility index (Phi) is 5.97. The second kappa shape index (κ2) is 8.87. The minimum absolute atomic E-state index is 0.0288. The highest BCUT2D eigenvalue weighted by Gasteiger charge is 2.25. The molecular formula is C24H20N2O6S. The molecule has 168 valence electrons. The number of ether oxygens (including phenoxy) is 1. The van der Waals surface area contributed by atoms with Crippen molar-refractivity contribution in [1.29, 1.82) is 0 Å². The number of aryl methyl sites for hydroxylation is 1. The van der Waals surface area contributed by atoms with E-state index in [0.717, 1.165) is 21.7 Å². The predicted octanol–water partition coefficient (Wildman–Crippen LogP) is 3.64. The number of nitrogens with zero attached hydrogens (tertiary/aromatic N) is 2. The molecule has 33 heavy (non-hydrogen) atoms. The molecule has 1 heterocycles. The van der Waals surface area contributed by atoms with Crippen molar-refractivity contribution in [2.75, 3.05) is 6.61 Å². The SMILES string of the molecule is CCOC(=O)c1nn(-c2ccc(C)cc2)c(=O)cc1OS(=O)(=O)c1ccc2ccccc2c1. The van der Waals surface area contributed by atoms with Crippen LogP contribution >= 0.6 is 0 Å². The third kappa shape index (κ3) is 4.63. The van der Waals surface area contributed by atoms with Gasteiger partial charge in [-0.25, -0.2) is 4.79 Å². The lowest BCUT2D eigenvalue weighted by molar-refractivity contribution is 0.0515. The van der Waals surface area contributed by atoms with Gasteiger partial charge in [-0.1, -0.05) is 48.0 Å². The predicted molar refractivity (Wildman–Crippen MR) is 122 cm³/mol. The minimum atomic E-state index is -4.37. The van der Waals surface area contributed by atoms with Crippen molar-refractivity contribution in [3.8, 4) is 11.4 Å². The molecule has 9 heteroatoms. The second-order valence-corrected chi connectivity index (χ2v) is 8.76. The van der Waals surface area contributed by atoms with E-state index in [1.165, 1.54) is 12.1 Å². The Morgan fingerprint density at radius 1 is 0.970 bits per heavy atom. The summed E-state index contributed by atoms with van der Waals surface area (Å²) in [6, 6.07) is 19.5. The quantitative estimate of drug-likeness (QED) is 0.317. The maximum absolute atomic E-state index is 13.0. The first kappa shape index (κ1) is 22.2. The number of carbonyl (C=O) groups is 1. The fourth-order valence-corrected chi connectivity index (χ4v) is 4.17. The van der Waals surface area contributed by atoms with E-state index in [1.807, 2.05) is 19.1 Å². The molecule has 0 amide bonds. The smallest absolute Gasteiger partial charge is 0.362 e. The fraction of sp³-hybridized carbons (Fsp3) is 0.125. The molecule has 0 spiro atoms. The lowest BCUT2D eigenvalue weighted by Crippen LogP contribution is -2.26. The van der Waals surface area contributed by atoms with Crippen LogP contribution in [-0.2, 0) is 14.9 Å². The number of benzene rings is 3. The highest BCUT2D eigenvalue weighted by atomic mass is 32.2. The van der Waals surface area contributed by atoms with Crippen LogP contribution in [0.2, 0.25) is 0 Å². The van der Waals surface area contributed by atoms with E-state index in [4.69, 9.17) is 8.92 Å². The molecule has 4 rings (SSSR count). The average molecular weight is 464 g/mol. The first-order chi connectivity index (χ1) is 15.8. The summed E-state index contributed by atoms with van der Waals surface area (Å²) >= 11 is 0. The van der Waals surface area contributed by atoms with Gasteiger partial charge in [-0.2, -0.15) is 18.2 Å². The molecule has 0 saturated heterocycles. The number of aromatic nitrogens is 2. The van der Waals surface area contributed by atoms with Crippen LogP contribution in [0.5, 0.6) is 5.75 Å². The molecule has 0 radical (unpaired) electrons. The van der Waals surface area contributed by atoms with Crippen molar-refractivity contribution < 1.29 is 22.1 Å². The summed E-state index contributed by atoms with van der Waals surface area (Å²) in [6.45, 7) is 3.51. The van der Waals surface area contributed by atoms with Crippen molar-refractivity contribution in [3.05, 3.63) is 94.4 Å². The van der Waals surface area contributed by atoms with Gasteiger partial charge in [0.2, 0.25) is 5.69 Å². The standard InChI is InChI=1S/C24H20N2O6S/c1-3-31-24(28)23-21(15-22(27)26(25-23)19-11-8-16(2)9-12-19)32-33(29,30)20-13-10-17-6-4-5-7-18(17)14-20/h4-15H,3H2,1-2H3. The molecule has 3 aromatic carbocycles. The van der Waals surface area contributed by atoms with Crippen molar-refractivity contribution in [3.63, 3.8) is 0 Å². The molecule has 0 N–H and O–H groups in total. The van der Waals surface area contributed by atoms with Gasteiger partial charge in [0, 0.05) is 0 Å². The zero-order valence-electron chi connectivity index (χ0n) is 17.9. The number of hydrogen-bond donors (Lipinski definition) is 0. The van der Waals surface area contributed by atoms with Gasteiger partial charge in [-0.15, -0.1) is 0 Å². The molecule has 0 aliphatic rings. The summed E-state index contributed by atoms with van der Waals surface area (Å²) < 4.78 is 37.2. The topological polar surface area (TPSA) is 105 Å². The van der Waals surface area contributed by atoms with Gasteiger partial charge in [0.15, 0.2) is 5.75 Å². The number of hydrogen-bond acceptors (Lipinski definition) is 7. The number of esters is 1. The van der Waals surface area contributed by atoms with Gasteiger partial charge in [0.05, 0.1) is 18.4 Å². The third-order valence-electron chi connectivity index (χ3n) is 4.85. The zero-order valence-corrected chi connectivity index (χ0v) is 18.7. The molecule has 0 atom stereocenters. The van der Waals surface area contributed by atoms with Crippen LogP contribution in [0.4, 0.5) is 0 Å². The van der Waals surface area contributed by atoms with Crippen LogP contribution < -0.4 is 9.74 Å². The van der Waals surface area contributed by atoms with Gasteiger partial charge in [0.25, 0.3) is 5.56 Å². The Morgan fingerprint density at radius 2 is 1.67 bits per heavy atom. The van der Waals surface area contributed by atoms with Crippen LogP contribution in [-0.4, -0.2) is 30.8 Å². The van der Waals surface area contributed by atoms with E-state index in [1.54, 1.807) is 49.4 Å². The molecule has 0 aliphatic heterocycles. The molecule has 8 nitrogen and oxygen atoms in total. The summed E-state index contributed by atoms with van der Waals surface area (Å²) in [5, 5.41) is 5.61. The van der Waals surface area contributed by atoms with E-state index < -0.39 is 33.1 Å². The number of fused-ring (bicyclic) bond motifs is 1. The van der Waals surface area contributed by atoms with Crippen LogP contribution in [0.25, 0.3) is 16.5 Å². The van der Waals surface area contributed by atoms with Crippen LogP contribution in [0.15, 0.2) is 82.5 Å². The second-order valence-electron chi connectivity index (χ2n) is 7.21. The van der Waals surface area contributed by atoms with Gasteiger partial charge in [-0.3, -0.25) is 4.79 Å². The summed E-state index contributed by atoms with van der Waals surface area (Å²) in [4.78, 5) is 25.1. The van der Waals surface area contributed by atoms with Gasteiger partial charge < -0.3 is 8.92 Å². The highest BCUT2D eigenvalue weighted by molar-refractivity contribution is 7.87. The first-order valence-electron chi connectivity index (χ1n) is 10.1. The molecule has 4 aromatic rings. The van der Waals surface area contributed by atoms with Gasteiger partial charge in [0.1, 0.15) is 4.90 Å². The van der Waals surface area contributed by atoms with Gasteiger partial charge in [-0.05, 0) is 48.9 Å². The summed E-state index contributed by atoms with van der Waals surface area (Å²) in [6.07, 6.45) is 0. The monoisotopic (exact) mass is 464 g/mol. The minimum Gasteiger partial charge on any atom is -0.461 e. The highest BCUT2D eigenvalue weighted by Crippen LogP contribution is 2.24. The normalized spacial score (nSPS) is 11.3. The summed E-state index contributed by atoms with van der Waals surface area (Å²) in [5.74, 6) is -1.42. The zero-order chi connectivity index (χ0) is 23.6. The summed E-state index contributed by atoms with van der Waals surface area (Å²) in [5.41, 5.74) is 0.274. The van der Waals surface area contributed by atoms with E-state index in [0.29, 0.717) is 11.1 Å². The van der Waals surface area contributed by atoms with Gasteiger partial charge >= 0.3 is 16.1 Å². The van der Waals surface area contributed by atoms with E-state index in [2.05, 4.69) is 5.10 Å². The Bertz CT molecular complexity index is 1510. The van der Waals surface area contributed by atoms with Crippen LogP contribution in [0.3, 0.4) is 0 Å². The fourth-order valence-electron chi connectivity index (χ4n) is 3.20. The Morgan fingerprint density at radius 3 is 2.36 bits per heavy atom. The summed E-state index contributed by atoms with van der Waals surface area (Å²) in [7, 11) is -4.37. The van der Waals surface area contributed by atoms with Crippen LogP contribution in [0.1, 0.15) is 23.0 Å². The Balaban J connectivity index is 1.79. The van der Waals surface area contributed by atoms with Crippen molar-refractivity contribution in [2.24, 2.45) is 0 Å². The Hall–Kier alpha value is -3.98. The van der Waals surface area contributed by atoms with Crippen molar-refractivity contribution in [1.82, 2.24) is 9.78 Å². The van der Waals surface area contributed by atoms with E-state index in [-0.39, 0.29) is 11.5 Å². The lowest BCUT2D eigenvalue weighted by Gasteiger charge is -2.13. The number of rotatable bonds is 6. The van der Waals surface area contributed by atoms with E-state index in [9.17, 15) is 18.0 Å². The number of carbonyl (C=O) groups excluding carboxylic acids is 1. The molecule has 0 unspecified atom stereocenters. The molecule has 0 fully saturated rings. The maximum Gasteiger partial charge on any atom is 0.362 e.